The minimum Gasteiger partial charge on any atom is -0.457 e. The summed E-state index contributed by atoms with van der Waals surface area (Å²) in [4.78, 5) is 2.37. The topological polar surface area (TPSA) is 25.6 Å². The maximum atomic E-state index is 6.72. The molecule has 0 unspecified atom stereocenters. The average molecular weight is 766 g/mol. The summed E-state index contributed by atoms with van der Waals surface area (Å²) in [5.74, 6) is 1.80. The summed E-state index contributed by atoms with van der Waals surface area (Å²) in [5, 5.41) is 6.91. The fraction of sp³-hybridized carbons (Fsp3) is 0.0175. The highest BCUT2D eigenvalue weighted by Gasteiger charge is 2.51. The molecule has 11 aromatic rings. The van der Waals surface area contributed by atoms with E-state index in [1.807, 2.05) is 0 Å². The van der Waals surface area contributed by atoms with Gasteiger partial charge in [-0.25, -0.2) is 0 Å². The van der Waals surface area contributed by atoms with E-state index >= 15 is 0 Å². The molecule has 3 heteroatoms. The van der Waals surface area contributed by atoms with Crippen molar-refractivity contribution in [3.63, 3.8) is 0 Å². The normalized spacial score (nSPS) is 13.3. The second-order valence-electron chi connectivity index (χ2n) is 15.9. The Hall–Kier alpha value is -7.88. The molecule has 2 heterocycles. The quantitative estimate of drug-likeness (QED) is 0.178. The van der Waals surface area contributed by atoms with Gasteiger partial charge in [-0.05, 0) is 92.7 Å². The van der Waals surface area contributed by atoms with E-state index in [1.165, 1.54) is 55.1 Å². The second-order valence-corrected chi connectivity index (χ2v) is 15.9. The molecule has 0 bridgehead atoms. The van der Waals surface area contributed by atoms with Crippen LogP contribution in [0.15, 0.2) is 217 Å². The van der Waals surface area contributed by atoms with Crippen LogP contribution >= 0.6 is 0 Å². The van der Waals surface area contributed by atoms with Gasteiger partial charge in [-0.3, -0.25) is 0 Å². The van der Waals surface area contributed by atoms with Crippen molar-refractivity contribution in [2.75, 3.05) is 4.90 Å². The van der Waals surface area contributed by atoms with Crippen molar-refractivity contribution in [2.24, 2.45) is 0 Å². The lowest BCUT2D eigenvalue weighted by Crippen LogP contribution is -2.32. The van der Waals surface area contributed by atoms with Gasteiger partial charge in [0.2, 0.25) is 0 Å². The minimum absolute atomic E-state index is 0.514. The predicted octanol–water partition coefficient (Wildman–Crippen LogP) is 15.5. The van der Waals surface area contributed by atoms with E-state index < -0.39 is 5.41 Å². The van der Waals surface area contributed by atoms with Crippen molar-refractivity contribution in [2.45, 2.75) is 5.41 Å². The largest absolute Gasteiger partial charge is 0.457 e. The molecular formula is C57H35NO2. The Morgan fingerprint density at radius 1 is 0.383 bits per heavy atom. The zero-order chi connectivity index (χ0) is 39.4. The molecule has 3 nitrogen and oxygen atoms in total. The lowest BCUT2D eigenvalue weighted by molar-refractivity contribution is 0.436. The van der Waals surface area contributed by atoms with Crippen molar-refractivity contribution in [1.29, 1.82) is 0 Å². The Balaban J connectivity index is 0.993. The maximum Gasteiger partial charge on any atom is 0.143 e. The van der Waals surface area contributed by atoms with E-state index in [4.69, 9.17) is 9.15 Å². The Bertz CT molecular complexity index is 3490. The standard InChI is InChI=1S/C57H35NO2/c1-3-16-41-36(13-1)15-11-24-51(41)58(40-32-34-44-45-33-29-37-14-2-4-17-43(37)56(45)60-54(44)35-40)39-30-27-38(28-31-39)42-19-12-23-50-55(42)46-18-5-6-20-47(46)57(50)48-21-7-9-25-52(48)59-53-26-10-8-22-49(53)57/h1-35H. The zero-order valence-corrected chi connectivity index (χ0v) is 32.5. The van der Waals surface area contributed by atoms with Crippen LogP contribution in [0.25, 0.3) is 65.7 Å². The number of benzene rings is 10. The Morgan fingerprint density at radius 3 is 1.77 bits per heavy atom. The summed E-state index contributed by atoms with van der Waals surface area (Å²) < 4.78 is 13.3. The number of ether oxygens (including phenoxy) is 1. The number of fused-ring (bicyclic) bond motifs is 15. The monoisotopic (exact) mass is 765 g/mol. The third-order valence-corrected chi connectivity index (χ3v) is 12.9. The van der Waals surface area contributed by atoms with Crippen molar-refractivity contribution in [3.8, 4) is 33.8 Å². The molecule has 2 aliphatic rings. The van der Waals surface area contributed by atoms with Crippen molar-refractivity contribution in [1.82, 2.24) is 0 Å². The molecule has 0 radical (unpaired) electrons. The number of rotatable bonds is 4. The van der Waals surface area contributed by atoms with Crippen LogP contribution in [0.2, 0.25) is 0 Å². The number of hydrogen-bond acceptors (Lipinski definition) is 3. The Kier molecular flexibility index (Phi) is 6.93. The molecular weight excluding hydrogens is 731 g/mol. The number of nitrogens with zero attached hydrogens (tertiary/aromatic N) is 1. The molecule has 1 aliphatic carbocycles. The molecule has 10 aromatic carbocycles. The minimum atomic E-state index is -0.514. The summed E-state index contributed by atoms with van der Waals surface area (Å²) >= 11 is 0. The Labute approximate surface area is 347 Å². The van der Waals surface area contributed by atoms with E-state index in [9.17, 15) is 0 Å². The van der Waals surface area contributed by atoms with Crippen LogP contribution in [0.3, 0.4) is 0 Å². The Morgan fingerprint density at radius 2 is 0.967 bits per heavy atom. The summed E-state index contributed by atoms with van der Waals surface area (Å²) in [6, 6.07) is 76.6. The first kappa shape index (κ1) is 33.1. The van der Waals surface area contributed by atoms with Gasteiger partial charge in [0.05, 0.1) is 11.1 Å². The average Bonchev–Trinajstić information content (AvgIpc) is 3.84. The summed E-state index contributed by atoms with van der Waals surface area (Å²) in [7, 11) is 0. The van der Waals surface area contributed by atoms with E-state index in [2.05, 4.69) is 217 Å². The maximum absolute atomic E-state index is 6.72. The SMILES string of the molecule is c1ccc2c(c1)Oc1ccccc1C21c2ccccc2-c2c(-c3ccc(N(c4ccc5c(c4)oc4c6ccccc6ccc54)c4cccc5ccccc45)cc3)cccc21. The summed E-state index contributed by atoms with van der Waals surface area (Å²) in [6.07, 6.45) is 0. The van der Waals surface area contributed by atoms with Crippen LogP contribution in [-0.2, 0) is 5.41 Å². The van der Waals surface area contributed by atoms with Crippen molar-refractivity contribution >= 4 is 60.5 Å². The van der Waals surface area contributed by atoms with Gasteiger partial charge in [0.15, 0.2) is 0 Å². The van der Waals surface area contributed by atoms with Gasteiger partial charge in [-0.1, -0.05) is 158 Å². The molecule has 1 aliphatic heterocycles. The molecule has 0 saturated carbocycles. The molecule has 1 spiro atoms. The summed E-state index contributed by atoms with van der Waals surface area (Å²) in [6.45, 7) is 0. The second kappa shape index (κ2) is 12.6. The van der Waals surface area contributed by atoms with Gasteiger partial charge in [0.25, 0.3) is 0 Å². The van der Waals surface area contributed by atoms with E-state index in [-0.39, 0.29) is 0 Å². The van der Waals surface area contributed by atoms with Crippen molar-refractivity contribution < 1.29 is 9.15 Å². The van der Waals surface area contributed by atoms with Crippen LogP contribution < -0.4 is 9.64 Å². The van der Waals surface area contributed by atoms with E-state index in [1.54, 1.807) is 0 Å². The van der Waals surface area contributed by atoms with Gasteiger partial charge >= 0.3 is 0 Å². The third-order valence-electron chi connectivity index (χ3n) is 12.9. The number of para-hydroxylation sites is 2. The highest BCUT2D eigenvalue weighted by atomic mass is 16.5. The first-order chi connectivity index (χ1) is 29.8. The number of anilines is 3. The van der Waals surface area contributed by atoms with Crippen LogP contribution in [0.4, 0.5) is 17.1 Å². The molecule has 0 N–H and O–H groups in total. The number of furan rings is 1. The van der Waals surface area contributed by atoms with E-state index in [0.29, 0.717) is 0 Å². The molecule has 280 valence electrons. The fourth-order valence-electron chi connectivity index (χ4n) is 10.4. The first-order valence-corrected chi connectivity index (χ1v) is 20.6. The molecule has 60 heavy (non-hydrogen) atoms. The van der Waals surface area contributed by atoms with Gasteiger partial charge in [0.1, 0.15) is 22.7 Å². The van der Waals surface area contributed by atoms with Crippen LogP contribution in [-0.4, -0.2) is 0 Å². The molecule has 0 atom stereocenters. The van der Waals surface area contributed by atoms with Gasteiger partial charge in [-0.2, -0.15) is 0 Å². The molecule has 0 amide bonds. The molecule has 0 fully saturated rings. The smallest absolute Gasteiger partial charge is 0.143 e. The van der Waals surface area contributed by atoms with Crippen LogP contribution in [0.5, 0.6) is 11.5 Å². The lowest BCUT2D eigenvalue weighted by atomic mass is 9.66. The third kappa shape index (κ3) is 4.54. The highest BCUT2D eigenvalue weighted by molar-refractivity contribution is 6.15. The van der Waals surface area contributed by atoms with Gasteiger partial charge in [0, 0.05) is 50.1 Å². The first-order valence-electron chi connectivity index (χ1n) is 20.6. The lowest BCUT2D eigenvalue weighted by Gasteiger charge is -2.39. The molecule has 0 saturated heterocycles. The molecule has 1 aromatic heterocycles. The highest BCUT2D eigenvalue weighted by Crippen LogP contribution is 2.63. The predicted molar refractivity (Wildman–Crippen MR) is 246 cm³/mol. The van der Waals surface area contributed by atoms with Crippen LogP contribution in [0, 0.1) is 0 Å². The van der Waals surface area contributed by atoms with E-state index in [0.717, 1.165) is 61.4 Å². The fourth-order valence-corrected chi connectivity index (χ4v) is 10.4. The van der Waals surface area contributed by atoms with Gasteiger partial charge < -0.3 is 14.1 Å². The summed E-state index contributed by atoms with van der Waals surface area (Å²) in [5.41, 5.74) is 14.3. The van der Waals surface area contributed by atoms with Gasteiger partial charge in [-0.15, -0.1) is 0 Å². The molecule has 13 rings (SSSR count). The number of hydrogen-bond donors (Lipinski definition) is 0. The zero-order valence-electron chi connectivity index (χ0n) is 32.5. The van der Waals surface area contributed by atoms with Crippen molar-refractivity contribution in [3.05, 3.63) is 235 Å². The van der Waals surface area contributed by atoms with Crippen LogP contribution in [0.1, 0.15) is 22.3 Å².